The van der Waals surface area contributed by atoms with Crippen molar-refractivity contribution in [1.29, 1.82) is 0 Å². The first-order valence-electron chi connectivity index (χ1n) is 13.4. The fourth-order valence-electron chi connectivity index (χ4n) is 5.79. The Hall–Kier alpha value is -3.16. The fraction of sp³-hybridized carbons (Fsp3) is 0.467. The molecule has 4 atom stereocenters. The molecule has 2 amide bonds. The summed E-state index contributed by atoms with van der Waals surface area (Å²) in [4.78, 5) is 27.8. The van der Waals surface area contributed by atoms with Gasteiger partial charge in [0.25, 0.3) is 0 Å². The molecule has 37 heavy (non-hydrogen) atoms. The number of hydrogen-bond acceptors (Lipinski definition) is 5. The van der Waals surface area contributed by atoms with E-state index in [2.05, 4.69) is 34.9 Å². The van der Waals surface area contributed by atoms with E-state index >= 15 is 0 Å². The molecular weight excluding hydrogens is 466 g/mol. The van der Waals surface area contributed by atoms with Gasteiger partial charge in [-0.05, 0) is 67.5 Å². The van der Waals surface area contributed by atoms with Crippen molar-refractivity contribution in [3.63, 3.8) is 0 Å². The van der Waals surface area contributed by atoms with Crippen molar-refractivity contribution in [1.82, 2.24) is 15.5 Å². The van der Waals surface area contributed by atoms with Crippen LogP contribution >= 0.6 is 0 Å². The second kappa shape index (κ2) is 11.9. The highest BCUT2D eigenvalue weighted by Gasteiger charge is 2.34. The summed E-state index contributed by atoms with van der Waals surface area (Å²) in [5, 5.41) is 7.03. The first-order valence-corrected chi connectivity index (χ1v) is 13.4. The van der Waals surface area contributed by atoms with Gasteiger partial charge in [-0.2, -0.15) is 0 Å². The number of amides is 2. The van der Waals surface area contributed by atoms with Crippen LogP contribution in [0.3, 0.4) is 0 Å². The number of benzene rings is 2. The Bertz CT molecular complexity index is 1120. The number of methoxy groups -OCH3 is 1. The molecule has 2 bridgehead atoms. The van der Waals surface area contributed by atoms with Crippen molar-refractivity contribution >= 4 is 11.8 Å². The Balaban J connectivity index is 1.39. The zero-order valence-electron chi connectivity index (χ0n) is 21.5. The Labute approximate surface area is 219 Å². The van der Waals surface area contributed by atoms with Crippen LogP contribution in [0.2, 0.25) is 0 Å². The highest BCUT2D eigenvalue weighted by molar-refractivity contribution is 5.88. The van der Waals surface area contributed by atoms with Crippen LogP contribution in [0.15, 0.2) is 60.7 Å². The largest absolute Gasteiger partial charge is 0.497 e. The number of carbonyl (C=O) groups excluding carboxylic acids is 2. The maximum atomic E-state index is 13.5. The van der Waals surface area contributed by atoms with E-state index in [9.17, 15) is 9.59 Å². The van der Waals surface area contributed by atoms with E-state index in [1.807, 2.05) is 36.4 Å². The van der Waals surface area contributed by atoms with Gasteiger partial charge >= 0.3 is 0 Å². The minimum atomic E-state index is -0.493. The number of carbonyl (C=O) groups is 2. The van der Waals surface area contributed by atoms with E-state index < -0.39 is 6.04 Å². The molecule has 7 nitrogen and oxygen atoms in total. The Morgan fingerprint density at radius 2 is 1.95 bits per heavy atom. The lowest BCUT2D eigenvalue weighted by Gasteiger charge is -2.29. The number of likely N-dealkylation sites (tertiary alicyclic amines) is 1. The van der Waals surface area contributed by atoms with Crippen molar-refractivity contribution < 1.29 is 19.1 Å². The quantitative estimate of drug-likeness (QED) is 0.620. The molecule has 5 rings (SSSR count). The molecule has 1 fully saturated rings. The minimum absolute atomic E-state index is 0.00372. The van der Waals surface area contributed by atoms with Crippen LogP contribution in [-0.4, -0.2) is 55.6 Å². The third-order valence-corrected chi connectivity index (χ3v) is 7.73. The normalized spacial score (nSPS) is 26.8. The predicted octanol–water partition coefficient (Wildman–Crippen LogP) is 3.86. The lowest BCUT2D eigenvalue weighted by atomic mass is 10.0. The summed E-state index contributed by atoms with van der Waals surface area (Å²) in [7, 11) is 1.69. The SMILES string of the molecule is COc1ccc2c(c1)C1CC2OCC=CCC(N2CCCC2=O)C(=O)N[C@@H](Cc2ccccc2)CCN1. The van der Waals surface area contributed by atoms with Gasteiger partial charge in [-0.25, -0.2) is 0 Å². The standard InChI is InChI=1S/C30H37N3O4/c1-36-23-12-13-24-25(19-23)26-20-28(24)37-17-6-5-10-27(33-16-7-11-29(33)34)30(35)32-22(14-15-31-26)18-21-8-3-2-4-9-21/h2-6,8-9,12-13,19,22,26-28,31H,7,10-11,14-18,20H2,1H3,(H,32,35)/t22-,26?,27?,28?/m1/s1. The summed E-state index contributed by atoms with van der Waals surface area (Å²) >= 11 is 0. The van der Waals surface area contributed by atoms with E-state index in [1.165, 1.54) is 16.7 Å². The summed E-state index contributed by atoms with van der Waals surface area (Å²) in [6.07, 6.45) is 8.15. The van der Waals surface area contributed by atoms with Gasteiger partial charge in [0.1, 0.15) is 11.8 Å². The van der Waals surface area contributed by atoms with Crippen LogP contribution in [0.25, 0.3) is 0 Å². The van der Waals surface area contributed by atoms with E-state index in [0.717, 1.165) is 38.0 Å². The van der Waals surface area contributed by atoms with E-state index in [-0.39, 0.29) is 30.0 Å². The molecule has 2 N–H and O–H groups in total. The highest BCUT2D eigenvalue weighted by atomic mass is 16.5. The molecule has 3 aliphatic rings. The average molecular weight is 504 g/mol. The molecule has 2 aliphatic heterocycles. The topological polar surface area (TPSA) is 79.9 Å². The number of nitrogens with one attached hydrogen (secondary N) is 2. The molecule has 1 saturated heterocycles. The average Bonchev–Trinajstić information content (AvgIpc) is 3.48. The molecule has 1 aliphatic carbocycles. The maximum Gasteiger partial charge on any atom is 0.243 e. The van der Waals surface area contributed by atoms with Gasteiger partial charge < -0.3 is 25.0 Å². The number of rotatable bonds is 4. The second-order valence-electron chi connectivity index (χ2n) is 10.2. The van der Waals surface area contributed by atoms with Crippen molar-refractivity contribution in [2.75, 3.05) is 26.8 Å². The summed E-state index contributed by atoms with van der Waals surface area (Å²) in [5.41, 5.74) is 3.61. The number of ether oxygens (including phenoxy) is 2. The molecule has 2 aromatic carbocycles. The van der Waals surface area contributed by atoms with Gasteiger partial charge in [-0.1, -0.05) is 48.6 Å². The predicted molar refractivity (Wildman–Crippen MR) is 142 cm³/mol. The molecule has 0 spiro atoms. The van der Waals surface area contributed by atoms with E-state index in [4.69, 9.17) is 9.47 Å². The monoisotopic (exact) mass is 503 g/mol. The van der Waals surface area contributed by atoms with Crippen LogP contribution in [0.4, 0.5) is 0 Å². The third kappa shape index (κ3) is 6.05. The maximum absolute atomic E-state index is 13.5. The zero-order chi connectivity index (χ0) is 25.6. The van der Waals surface area contributed by atoms with Crippen molar-refractivity contribution in [3.8, 4) is 5.75 Å². The van der Waals surface area contributed by atoms with Gasteiger partial charge in [0, 0.05) is 25.0 Å². The number of fused-ring (bicyclic) bond motifs is 5. The van der Waals surface area contributed by atoms with Crippen LogP contribution in [-0.2, 0) is 20.7 Å². The lowest BCUT2D eigenvalue weighted by molar-refractivity contribution is -0.137. The Morgan fingerprint density at radius 3 is 2.73 bits per heavy atom. The lowest BCUT2D eigenvalue weighted by Crippen LogP contribution is -2.51. The molecular formula is C30H37N3O4. The summed E-state index contributed by atoms with van der Waals surface area (Å²) < 4.78 is 11.8. The second-order valence-corrected chi connectivity index (χ2v) is 10.2. The summed E-state index contributed by atoms with van der Waals surface area (Å²) in [6, 6.07) is 16.1. The van der Waals surface area contributed by atoms with Crippen LogP contribution in [0.5, 0.6) is 5.75 Å². The van der Waals surface area contributed by atoms with Crippen molar-refractivity contribution in [2.45, 2.75) is 62.8 Å². The Morgan fingerprint density at radius 1 is 1.08 bits per heavy atom. The highest BCUT2D eigenvalue weighted by Crippen LogP contribution is 2.42. The molecule has 2 heterocycles. The van der Waals surface area contributed by atoms with E-state index in [1.54, 1.807) is 12.0 Å². The molecule has 196 valence electrons. The summed E-state index contributed by atoms with van der Waals surface area (Å²) in [5.74, 6) is 0.832. The van der Waals surface area contributed by atoms with Crippen LogP contribution in [0.1, 0.15) is 60.9 Å². The molecule has 0 aromatic heterocycles. The molecule has 3 unspecified atom stereocenters. The van der Waals surface area contributed by atoms with E-state index in [0.29, 0.717) is 26.0 Å². The Kier molecular flexibility index (Phi) is 8.21. The first-order chi connectivity index (χ1) is 18.1. The molecule has 0 radical (unpaired) electrons. The van der Waals surface area contributed by atoms with Gasteiger partial charge in [0.05, 0.1) is 19.8 Å². The molecule has 7 heteroatoms. The fourth-order valence-corrected chi connectivity index (χ4v) is 5.79. The van der Waals surface area contributed by atoms with Crippen molar-refractivity contribution in [3.05, 3.63) is 77.4 Å². The first kappa shape index (κ1) is 25.5. The minimum Gasteiger partial charge on any atom is -0.497 e. The smallest absolute Gasteiger partial charge is 0.243 e. The van der Waals surface area contributed by atoms with Crippen LogP contribution < -0.4 is 15.4 Å². The van der Waals surface area contributed by atoms with Gasteiger partial charge in [-0.3, -0.25) is 9.59 Å². The van der Waals surface area contributed by atoms with Gasteiger partial charge in [0.15, 0.2) is 0 Å². The number of hydrogen-bond donors (Lipinski definition) is 2. The summed E-state index contributed by atoms with van der Waals surface area (Å²) in [6.45, 7) is 1.84. The molecule has 0 saturated carbocycles. The van der Waals surface area contributed by atoms with Gasteiger partial charge in [0.2, 0.25) is 11.8 Å². The zero-order valence-corrected chi connectivity index (χ0v) is 21.5. The van der Waals surface area contributed by atoms with Crippen LogP contribution in [0, 0.1) is 0 Å². The van der Waals surface area contributed by atoms with Gasteiger partial charge in [-0.15, -0.1) is 0 Å². The molecule has 2 aromatic rings. The number of nitrogens with zero attached hydrogens (tertiary/aromatic N) is 1. The third-order valence-electron chi connectivity index (χ3n) is 7.73. The van der Waals surface area contributed by atoms with Crippen molar-refractivity contribution in [2.24, 2.45) is 0 Å².